The van der Waals surface area contributed by atoms with Crippen molar-refractivity contribution in [2.24, 2.45) is 5.10 Å². The molecule has 0 unspecified atom stereocenters. The molecule has 0 aliphatic heterocycles. The average molecular weight is 388 g/mol. The van der Waals surface area contributed by atoms with Crippen molar-refractivity contribution in [3.63, 3.8) is 0 Å². The highest BCUT2D eigenvalue weighted by atomic mass is 32.2. The molecule has 2 aromatic rings. The topological polar surface area (TPSA) is 78.8 Å². The first kappa shape index (κ1) is 20.8. The van der Waals surface area contributed by atoms with Crippen molar-refractivity contribution < 1.29 is 13.2 Å². The zero-order chi connectivity index (χ0) is 20.2. The number of rotatable bonds is 6. The van der Waals surface area contributed by atoms with E-state index >= 15 is 0 Å². The van der Waals surface area contributed by atoms with Crippen LogP contribution in [0.2, 0.25) is 0 Å². The molecule has 0 bridgehead atoms. The molecule has 0 spiro atoms. The molecule has 1 N–H and O–H groups in total. The van der Waals surface area contributed by atoms with Crippen molar-refractivity contribution in [3.05, 3.63) is 64.7 Å². The van der Waals surface area contributed by atoms with Crippen LogP contribution in [0.3, 0.4) is 0 Å². The Morgan fingerprint density at radius 2 is 1.63 bits per heavy atom. The summed E-state index contributed by atoms with van der Waals surface area (Å²) in [5.41, 5.74) is 7.19. The second-order valence-electron chi connectivity index (χ2n) is 6.62. The third-order valence-corrected chi connectivity index (χ3v) is 6.03. The largest absolute Gasteiger partial charge is 0.272 e. The molecule has 27 heavy (non-hydrogen) atoms. The highest BCUT2D eigenvalue weighted by Crippen LogP contribution is 2.15. The monoisotopic (exact) mass is 387 g/mol. The molecule has 0 aromatic heterocycles. The lowest BCUT2D eigenvalue weighted by atomic mass is 10.0. The molecule has 0 saturated heterocycles. The number of hydrogen-bond donors (Lipinski definition) is 1. The number of nitrogens with zero attached hydrogens (tertiary/aromatic N) is 2. The van der Waals surface area contributed by atoms with E-state index < -0.39 is 15.9 Å². The SMILES string of the molecule is C/C(=N/NC(=O)CN(C)S(=O)(=O)c1ccc(C)cc1)c1ccc(C)cc1C. The van der Waals surface area contributed by atoms with E-state index in [-0.39, 0.29) is 11.4 Å². The summed E-state index contributed by atoms with van der Waals surface area (Å²) in [6.07, 6.45) is 0. The predicted octanol–water partition coefficient (Wildman–Crippen LogP) is 2.77. The molecule has 7 heteroatoms. The molecular weight excluding hydrogens is 362 g/mol. The molecule has 2 rings (SSSR count). The normalized spacial score (nSPS) is 12.3. The van der Waals surface area contributed by atoms with Crippen LogP contribution in [0.5, 0.6) is 0 Å². The van der Waals surface area contributed by atoms with Crippen LogP contribution < -0.4 is 5.43 Å². The maximum absolute atomic E-state index is 12.5. The van der Waals surface area contributed by atoms with E-state index in [1.807, 2.05) is 39.0 Å². The minimum absolute atomic E-state index is 0.151. The average Bonchev–Trinajstić information content (AvgIpc) is 2.60. The number of hydrazone groups is 1. The third-order valence-electron chi connectivity index (χ3n) is 4.22. The second kappa shape index (κ2) is 8.45. The summed E-state index contributed by atoms with van der Waals surface area (Å²) in [4.78, 5) is 12.3. The van der Waals surface area contributed by atoms with Crippen molar-refractivity contribution in [2.75, 3.05) is 13.6 Å². The molecule has 0 heterocycles. The summed E-state index contributed by atoms with van der Waals surface area (Å²) in [6.45, 7) is 7.34. The first-order chi connectivity index (χ1) is 12.6. The van der Waals surface area contributed by atoms with Crippen LogP contribution >= 0.6 is 0 Å². The minimum Gasteiger partial charge on any atom is -0.272 e. The van der Waals surface area contributed by atoms with Crippen LogP contribution in [-0.4, -0.2) is 37.9 Å². The molecule has 0 atom stereocenters. The van der Waals surface area contributed by atoms with Gasteiger partial charge in [0.1, 0.15) is 0 Å². The van der Waals surface area contributed by atoms with Gasteiger partial charge in [-0.1, -0.05) is 41.5 Å². The number of carbonyl (C=O) groups is 1. The van der Waals surface area contributed by atoms with E-state index in [0.29, 0.717) is 5.71 Å². The van der Waals surface area contributed by atoms with Crippen LogP contribution in [0.1, 0.15) is 29.2 Å². The maximum Gasteiger partial charge on any atom is 0.255 e. The van der Waals surface area contributed by atoms with Gasteiger partial charge in [-0.3, -0.25) is 4.79 Å². The zero-order valence-electron chi connectivity index (χ0n) is 16.3. The predicted molar refractivity (Wildman–Crippen MR) is 107 cm³/mol. The first-order valence-corrected chi connectivity index (χ1v) is 9.99. The van der Waals surface area contributed by atoms with Gasteiger partial charge >= 0.3 is 0 Å². The van der Waals surface area contributed by atoms with E-state index in [1.54, 1.807) is 19.1 Å². The fourth-order valence-corrected chi connectivity index (χ4v) is 3.77. The Morgan fingerprint density at radius 1 is 1.04 bits per heavy atom. The van der Waals surface area contributed by atoms with Gasteiger partial charge in [0, 0.05) is 12.6 Å². The molecule has 1 amide bonds. The Labute approximate surface area is 161 Å². The Bertz CT molecular complexity index is 964. The van der Waals surface area contributed by atoms with Crippen molar-refractivity contribution in [3.8, 4) is 0 Å². The lowest BCUT2D eigenvalue weighted by molar-refractivity contribution is -0.121. The molecular formula is C20H25N3O3S. The zero-order valence-corrected chi connectivity index (χ0v) is 17.1. The van der Waals surface area contributed by atoms with E-state index in [1.165, 1.54) is 19.2 Å². The number of carbonyl (C=O) groups excluding carboxylic acids is 1. The van der Waals surface area contributed by atoms with E-state index in [9.17, 15) is 13.2 Å². The van der Waals surface area contributed by atoms with Crippen molar-refractivity contribution >= 4 is 21.6 Å². The quantitative estimate of drug-likeness (QED) is 0.611. The molecule has 0 radical (unpaired) electrons. The first-order valence-electron chi connectivity index (χ1n) is 8.55. The number of aryl methyl sites for hydroxylation is 3. The summed E-state index contributed by atoms with van der Waals surface area (Å²) in [6, 6.07) is 12.5. The summed E-state index contributed by atoms with van der Waals surface area (Å²) in [7, 11) is -2.36. The standard InChI is InChI=1S/C20H25N3O3S/c1-14-6-9-18(10-7-14)27(25,26)23(5)13-20(24)22-21-17(4)19-11-8-15(2)12-16(19)3/h6-12H,13H2,1-5H3,(H,22,24)/b21-17-. The number of amides is 1. The number of nitrogens with one attached hydrogen (secondary N) is 1. The van der Waals surface area contributed by atoms with Gasteiger partial charge < -0.3 is 0 Å². The van der Waals surface area contributed by atoms with Gasteiger partial charge in [0.2, 0.25) is 10.0 Å². The van der Waals surface area contributed by atoms with Crippen molar-refractivity contribution in [2.45, 2.75) is 32.6 Å². The molecule has 2 aromatic carbocycles. The van der Waals surface area contributed by atoms with Crippen molar-refractivity contribution in [1.29, 1.82) is 0 Å². The van der Waals surface area contributed by atoms with Crippen LogP contribution in [-0.2, 0) is 14.8 Å². The third kappa shape index (κ3) is 5.24. The van der Waals surface area contributed by atoms with Gasteiger partial charge in [-0.2, -0.15) is 9.41 Å². The molecule has 144 valence electrons. The number of benzene rings is 2. The van der Waals surface area contributed by atoms with Gasteiger partial charge in [-0.25, -0.2) is 13.8 Å². The number of sulfonamides is 1. The molecule has 0 aliphatic rings. The summed E-state index contributed by atoms with van der Waals surface area (Å²) >= 11 is 0. The van der Waals surface area contributed by atoms with Gasteiger partial charge in [0.25, 0.3) is 5.91 Å². The summed E-state index contributed by atoms with van der Waals surface area (Å²) < 4.78 is 26.1. The number of hydrogen-bond acceptors (Lipinski definition) is 4. The second-order valence-corrected chi connectivity index (χ2v) is 8.67. The number of likely N-dealkylation sites (N-methyl/N-ethyl adjacent to an activating group) is 1. The maximum atomic E-state index is 12.5. The van der Waals surface area contributed by atoms with Crippen LogP contribution in [0.25, 0.3) is 0 Å². The Kier molecular flexibility index (Phi) is 6.51. The van der Waals surface area contributed by atoms with E-state index in [0.717, 1.165) is 26.6 Å². The van der Waals surface area contributed by atoms with E-state index in [2.05, 4.69) is 10.5 Å². The molecule has 0 fully saturated rings. The Hall–Kier alpha value is -2.51. The van der Waals surface area contributed by atoms with Gasteiger partial charge in [-0.05, 0) is 45.4 Å². The Balaban J connectivity index is 2.05. The minimum atomic E-state index is -3.73. The van der Waals surface area contributed by atoms with E-state index in [4.69, 9.17) is 0 Å². The van der Waals surface area contributed by atoms with Gasteiger partial charge in [-0.15, -0.1) is 0 Å². The lowest BCUT2D eigenvalue weighted by Gasteiger charge is -2.16. The van der Waals surface area contributed by atoms with Crippen LogP contribution in [0.4, 0.5) is 0 Å². The van der Waals surface area contributed by atoms with Gasteiger partial charge in [0.05, 0.1) is 17.2 Å². The highest BCUT2D eigenvalue weighted by molar-refractivity contribution is 7.89. The molecule has 0 aliphatic carbocycles. The van der Waals surface area contributed by atoms with Crippen molar-refractivity contribution in [1.82, 2.24) is 9.73 Å². The van der Waals surface area contributed by atoms with Gasteiger partial charge in [0.15, 0.2) is 0 Å². The molecule has 6 nitrogen and oxygen atoms in total. The molecule has 0 saturated carbocycles. The highest BCUT2D eigenvalue weighted by Gasteiger charge is 2.22. The van der Waals surface area contributed by atoms with Crippen LogP contribution in [0.15, 0.2) is 52.5 Å². The summed E-state index contributed by atoms with van der Waals surface area (Å²) in [5, 5.41) is 4.10. The lowest BCUT2D eigenvalue weighted by Crippen LogP contribution is -2.37. The smallest absolute Gasteiger partial charge is 0.255 e. The summed E-state index contributed by atoms with van der Waals surface area (Å²) in [5.74, 6) is -0.502. The van der Waals surface area contributed by atoms with Crippen LogP contribution in [0, 0.1) is 20.8 Å². The fourth-order valence-electron chi connectivity index (χ4n) is 2.64. The Morgan fingerprint density at radius 3 is 2.22 bits per heavy atom. The fraction of sp³-hybridized carbons (Fsp3) is 0.300.